The highest BCUT2D eigenvalue weighted by Gasteiger charge is 2.23. The van der Waals surface area contributed by atoms with Crippen molar-refractivity contribution in [1.29, 1.82) is 0 Å². The maximum Gasteiger partial charge on any atom is 0.168 e. The molecule has 0 atom stereocenters. The molecule has 0 radical (unpaired) electrons. The molecule has 13 heavy (non-hydrogen) atoms. The van der Waals surface area contributed by atoms with E-state index in [4.69, 9.17) is 12.2 Å². The Kier molecular flexibility index (Phi) is 4.50. The van der Waals surface area contributed by atoms with Crippen LogP contribution in [0.4, 0.5) is 0 Å². The van der Waals surface area contributed by atoms with Crippen LogP contribution in [0.2, 0.25) is 0 Å². The number of nitrogens with zero attached hydrogens (tertiary/aromatic N) is 1. The Balaban J connectivity index is 2.05. The molecular formula is C10H20N2S. The molecule has 1 aliphatic rings. The molecule has 0 aromatic rings. The molecule has 0 aromatic heterocycles. The molecule has 0 aromatic carbocycles. The van der Waals surface area contributed by atoms with Crippen molar-refractivity contribution in [1.82, 2.24) is 10.2 Å². The maximum absolute atomic E-state index is 5.25. The van der Waals surface area contributed by atoms with Gasteiger partial charge in [0, 0.05) is 20.1 Å². The quantitative estimate of drug-likeness (QED) is 0.540. The van der Waals surface area contributed by atoms with Crippen molar-refractivity contribution in [3.8, 4) is 0 Å². The zero-order valence-corrected chi connectivity index (χ0v) is 9.49. The minimum Gasteiger partial charge on any atom is -0.363 e. The predicted octanol–water partition coefficient (Wildman–Crippen LogP) is 2.00. The second-order valence-electron chi connectivity index (χ2n) is 3.91. The van der Waals surface area contributed by atoms with Gasteiger partial charge < -0.3 is 10.2 Å². The molecule has 0 unspecified atom stereocenters. The highest BCUT2D eigenvalue weighted by molar-refractivity contribution is 7.80. The molecule has 0 saturated heterocycles. The van der Waals surface area contributed by atoms with Gasteiger partial charge in [0.25, 0.3) is 0 Å². The highest BCUT2D eigenvalue weighted by atomic mass is 32.1. The molecule has 0 amide bonds. The van der Waals surface area contributed by atoms with Gasteiger partial charge >= 0.3 is 0 Å². The number of hydrogen-bond acceptors (Lipinski definition) is 1. The van der Waals surface area contributed by atoms with E-state index in [0.717, 1.165) is 24.1 Å². The Morgan fingerprint density at radius 1 is 1.54 bits per heavy atom. The molecule has 1 N–H and O–H groups in total. The summed E-state index contributed by atoms with van der Waals surface area (Å²) in [4.78, 5) is 2.17. The number of rotatable bonds is 5. The standard InChI is InChI=1S/C10H20N2S/c1-3-4-7-11-10(13)12(2)8-9-5-6-9/h9H,3-8H2,1-2H3,(H,11,13). The topological polar surface area (TPSA) is 15.3 Å². The highest BCUT2D eigenvalue weighted by Crippen LogP contribution is 2.29. The van der Waals surface area contributed by atoms with Crippen LogP contribution >= 0.6 is 12.2 Å². The Morgan fingerprint density at radius 3 is 2.77 bits per heavy atom. The zero-order valence-electron chi connectivity index (χ0n) is 8.68. The van der Waals surface area contributed by atoms with Crippen molar-refractivity contribution in [2.45, 2.75) is 32.6 Å². The minimum absolute atomic E-state index is 0.913. The molecule has 1 saturated carbocycles. The monoisotopic (exact) mass is 200 g/mol. The molecule has 0 bridgehead atoms. The van der Waals surface area contributed by atoms with Gasteiger partial charge in [-0.3, -0.25) is 0 Å². The van der Waals surface area contributed by atoms with Crippen molar-refractivity contribution >= 4 is 17.3 Å². The Hall–Kier alpha value is -0.310. The summed E-state index contributed by atoms with van der Waals surface area (Å²) in [6, 6.07) is 0. The Morgan fingerprint density at radius 2 is 2.23 bits per heavy atom. The molecule has 3 heteroatoms. The first-order valence-electron chi connectivity index (χ1n) is 5.23. The van der Waals surface area contributed by atoms with Crippen LogP contribution in [-0.2, 0) is 0 Å². The van der Waals surface area contributed by atoms with Gasteiger partial charge in [-0.25, -0.2) is 0 Å². The molecule has 76 valence electrons. The van der Waals surface area contributed by atoms with E-state index in [9.17, 15) is 0 Å². The van der Waals surface area contributed by atoms with E-state index in [1.807, 2.05) is 0 Å². The lowest BCUT2D eigenvalue weighted by Gasteiger charge is -2.20. The van der Waals surface area contributed by atoms with Crippen LogP contribution in [0.15, 0.2) is 0 Å². The average Bonchev–Trinajstić information content (AvgIpc) is 2.88. The second kappa shape index (κ2) is 5.43. The fourth-order valence-electron chi connectivity index (χ4n) is 1.28. The van der Waals surface area contributed by atoms with Gasteiger partial charge in [-0.05, 0) is 37.4 Å². The third kappa shape index (κ3) is 4.46. The van der Waals surface area contributed by atoms with E-state index in [0.29, 0.717) is 0 Å². The predicted molar refractivity (Wildman–Crippen MR) is 60.9 cm³/mol. The minimum atomic E-state index is 0.913. The Bertz CT molecular complexity index is 166. The van der Waals surface area contributed by atoms with E-state index in [2.05, 4.69) is 24.2 Å². The summed E-state index contributed by atoms with van der Waals surface area (Å²) in [5.41, 5.74) is 0. The van der Waals surface area contributed by atoms with E-state index in [1.165, 1.54) is 25.7 Å². The van der Waals surface area contributed by atoms with Crippen molar-refractivity contribution in [3.05, 3.63) is 0 Å². The largest absolute Gasteiger partial charge is 0.363 e. The molecule has 0 aliphatic heterocycles. The van der Waals surface area contributed by atoms with Crippen molar-refractivity contribution in [3.63, 3.8) is 0 Å². The summed E-state index contributed by atoms with van der Waals surface area (Å²) in [5.74, 6) is 0.913. The Labute approximate surface area is 86.7 Å². The van der Waals surface area contributed by atoms with E-state index < -0.39 is 0 Å². The number of unbranched alkanes of at least 4 members (excludes halogenated alkanes) is 1. The normalized spacial score (nSPS) is 15.5. The summed E-state index contributed by atoms with van der Waals surface area (Å²) < 4.78 is 0. The smallest absolute Gasteiger partial charge is 0.168 e. The van der Waals surface area contributed by atoms with Crippen molar-refractivity contribution in [2.75, 3.05) is 20.1 Å². The maximum atomic E-state index is 5.25. The van der Waals surface area contributed by atoms with Gasteiger partial charge in [-0.2, -0.15) is 0 Å². The fraction of sp³-hybridized carbons (Fsp3) is 0.900. The fourth-order valence-corrected chi connectivity index (χ4v) is 1.45. The van der Waals surface area contributed by atoms with Gasteiger partial charge in [0.2, 0.25) is 0 Å². The number of nitrogens with one attached hydrogen (secondary N) is 1. The molecule has 0 heterocycles. The van der Waals surface area contributed by atoms with Gasteiger partial charge in [-0.1, -0.05) is 13.3 Å². The number of hydrogen-bond donors (Lipinski definition) is 1. The summed E-state index contributed by atoms with van der Waals surface area (Å²) in [5, 5.41) is 4.19. The molecule has 0 spiro atoms. The first-order chi connectivity index (χ1) is 6.24. The van der Waals surface area contributed by atoms with Crippen LogP contribution in [0.5, 0.6) is 0 Å². The van der Waals surface area contributed by atoms with Crippen LogP contribution in [0.1, 0.15) is 32.6 Å². The van der Waals surface area contributed by atoms with E-state index >= 15 is 0 Å². The summed E-state index contributed by atoms with van der Waals surface area (Å²) in [6.07, 6.45) is 5.21. The van der Waals surface area contributed by atoms with Crippen LogP contribution in [0, 0.1) is 5.92 Å². The van der Waals surface area contributed by atoms with Gasteiger partial charge in [-0.15, -0.1) is 0 Å². The third-order valence-electron chi connectivity index (χ3n) is 2.38. The van der Waals surface area contributed by atoms with Crippen LogP contribution in [0.25, 0.3) is 0 Å². The van der Waals surface area contributed by atoms with Gasteiger partial charge in [0.1, 0.15) is 0 Å². The average molecular weight is 200 g/mol. The van der Waals surface area contributed by atoms with Crippen LogP contribution in [0.3, 0.4) is 0 Å². The molecule has 1 rings (SSSR count). The summed E-state index contributed by atoms with van der Waals surface area (Å²) in [7, 11) is 2.08. The second-order valence-corrected chi connectivity index (χ2v) is 4.30. The lowest BCUT2D eigenvalue weighted by atomic mass is 10.3. The molecule has 1 aliphatic carbocycles. The van der Waals surface area contributed by atoms with Crippen molar-refractivity contribution < 1.29 is 0 Å². The number of thiocarbonyl (C=S) groups is 1. The lowest BCUT2D eigenvalue weighted by Crippen LogP contribution is -2.38. The van der Waals surface area contributed by atoms with Crippen molar-refractivity contribution in [2.24, 2.45) is 5.92 Å². The first-order valence-corrected chi connectivity index (χ1v) is 5.63. The molecule has 2 nitrogen and oxygen atoms in total. The molecule has 1 fully saturated rings. The van der Waals surface area contributed by atoms with E-state index in [1.54, 1.807) is 0 Å². The summed E-state index contributed by atoms with van der Waals surface area (Å²) >= 11 is 5.25. The van der Waals surface area contributed by atoms with Gasteiger partial charge in [0.05, 0.1) is 0 Å². The molecular weight excluding hydrogens is 180 g/mol. The lowest BCUT2D eigenvalue weighted by molar-refractivity contribution is 0.465. The zero-order chi connectivity index (χ0) is 9.68. The third-order valence-corrected chi connectivity index (χ3v) is 2.84. The first kappa shape index (κ1) is 10.8. The summed E-state index contributed by atoms with van der Waals surface area (Å²) in [6.45, 7) is 4.35. The van der Waals surface area contributed by atoms with Crippen LogP contribution in [-0.4, -0.2) is 30.1 Å². The van der Waals surface area contributed by atoms with Gasteiger partial charge in [0.15, 0.2) is 5.11 Å². The van der Waals surface area contributed by atoms with E-state index in [-0.39, 0.29) is 0 Å². The van der Waals surface area contributed by atoms with Crippen LogP contribution < -0.4 is 5.32 Å². The SMILES string of the molecule is CCCCNC(=S)N(C)CC1CC1.